The molecule has 1 aliphatic carbocycles. The molecule has 1 aromatic carbocycles. The summed E-state index contributed by atoms with van der Waals surface area (Å²) < 4.78 is 20.7. The van der Waals surface area contributed by atoms with Crippen LogP contribution in [0.5, 0.6) is 17.2 Å². The van der Waals surface area contributed by atoms with Gasteiger partial charge < -0.3 is 29.4 Å². The maximum absolute atomic E-state index is 12.6. The summed E-state index contributed by atoms with van der Waals surface area (Å²) in [6.45, 7) is 0.964. The highest BCUT2D eigenvalue weighted by atomic mass is 16.6. The molecular formula is C24H29N4O8+. The number of hydrogen-bond donors (Lipinski definition) is 3. The van der Waals surface area contributed by atoms with E-state index < -0.39 is 12.5 Å². The summed E-state index contributed by atoms with van der Waals surface area (Å²) in [5.74, 6) is -0.00813. The molecule has 3 aliphatic rings. The number of aromatic nitrogens is 2. The number of ether oxygens (including phenoxy) is 4. The highest BCUT2D eigenvalue weighted by Crippen LogP contribution is 2.37. The van der Waals surface area contributed by atoms with E-state index in [2.05, 4.69) is 20.3 Å². The van der Waals surface area contributed by atoms with Crippen molar-refractivity contribution in [3.63, 3.8) is 0 Å². The van der Waals surface area contributed by atoms with Crippen LogP contribution < -0.4 is 14.8 Å². The predicted molar refractivity (Wildman–Crippen MR) is 126 cm³/mol. The fourth-order valence-electron chi connectivity index (χ4n) is 5.11. The lowest BCUT2D eigenvalue weighted by Gasteiger charge is -2.25. The summed E-state index contributed by atoms with van der Waals surface area (Å²) in [7, 11) is 1.41. The molecule has 5 rings (SSSR count). The third-order valence-electron chi connectivity index (χ3n) is 6.96. The number of fused-ring (bicyclic) bond motifs is 2. The van der Waals surface area contributed by atoms with Gasteiger partial charge in [-0.3, -0.25) is 19.6 Å². The molecule has 3 fully saturated rings. The van der Waals surface area contributed by atoms with Crippen molar-refractivity contribution in [2.75, 3.05) is 32.2 Å². The van der Waals surface area contributed by atoms with E-state index in [4.69, 9.17) is 14.2 Å². The second-order valence-corrected chi connectivity index (χ2v) is 9.30. The van der Waals surface area contributed by atoms with Gasteiger partial charge in [-0.25, -0.2) is 4.79 Å². The van der Waals surface area contributed by atoms with Gasteiger partial charge in [-0.15, -0.1) is 0 Å². The van der Waals surface area contributed by atoms with E-state index in [1.54, 1.807) is 6.07 Å². The summed E-state index contributed by atoms with van der Waals surface area (Å²) in [6, 6.07) is 4.63. The minimum Gasteiger partial charge on any atom is -0.507 e. The molecule has 1 aromatic heterocycles. The van der Waals surface area contributed by atoms with Crippen LogP contribution in [0.25, 0.3) is 0 Å². The first-order chi connectivity index (χ1) is 17.4. The van der Waals surface area contributed by atoms with Crippen LogP contribution >= 0.6 is 0 Å². The number of carbonyl (C=O) groups is 3. The lowest BCUT2D eigenvalue weighted by molar-refractivity contribution is -0.118. The largest absolute Gasteiger partial charge is 0.507 e. The summed E-state index contributed by atoms with van der Waals surface area (Å²) in [5.41, 5.74) is 0.777. The number of nitrogens with zero attached hydrogens (tertiary/aromatic N) is 2. The van der Waals surface area contributed by atoms with E-state index in [-0.39, 0.29) is 53.1 Å². The van der Waals surface area contributed by atoms with Gasteiger partial charge in [0.05, 0.1) is 19.2 Å². The number of carbonyl (C=O) groups excluding carboxylic acids is 3. The SMILES string of the molecule is COc1cc(O)c(C=O)c(OCC(=O)Nc2cc([C@H]3CC[C@@H](OC(=O)N4C[C@@H]5CC4C[OH+]5)C3)[nH]n2)c1. The van der Waals surface area contributed by atoms with Crippen molar-refractivity contribution >= 4 is 24.1 Å². The number of rotatable bonds is 8. The molecule has 2 amide bonds. The molecule has 2 aromatic rings. The topological polar surface area (TPSA) is 156 Å². The maximum atomic E-state index is 12.6. The monoisotopic (exact) mass is 501 g/mol. The Morgan fingerprint density at radius 2 is 2.17 bits per heavy atom. The maximum Gasteiger partial charge on any atom is 0.410 e. The van der Waals surface area contributed by atoms with Gasteiger partial charge in [-0.1, -0.05) is 0 Å². The Morgan fingerprint density at radius 3 is 2.89 bits per heavy atom. The second kappa shape index (κ2) is 10.1. The number of amides is 2. The highest BCUT2D eigenvalue weighted by molar-refractivity contribution is 5.91. The number of aromatic amines is 1. The zero-order valence-corrected chi connectivity index (χ0v) is 19.8. The van der Waals surface area contributed by atoms with Crippen molar-refractivity contribution in [2.24, 2.45) is 0 Å². The normalized spacial score (nSPS) is 24.5. The van der Waals surface area contributed by atoms with E-state index in [1.807, 2.05) is 4.90 Å². The van der Waals surface area contributed by atoms with Crippen molar-refractivity contribution in [1.82, 2.24) is 15.1 Å². The van der Waals surface area contributed by atoms with Crippen molar-refractivity contribution in [1.29, 1.82) is 0 Å². The Labute approximate surface area is 206 Å². The van der Waals surface area contributed by atoms with Gasteiger partial charge in [0.25, 0.3) is 5.91 Å². The molecule has 12 nitrogen and oxygen atoms in total. The number of H-pyrrole nitrogens is 1. The molecule has 12 heteroatoms. The van der Waals surface area contributed by atoms with Crippen LogP contribution in [0.1, 0.15) is 47.7 Å². The summed E-state index contributed by atoms with van der Waals surface area (Å²) in [4.78, 5) is 38.0. The van der Waals surface area contributed by atoms with Gasteiger partial charge in [-0.05, 0) is 19.3 Å². The summed E-state index contributed by atoms with van der Waals surface area (Å²) >= 11 is 0. The number of aromatic hydroxyl groups is 1. The van der Waals surface area contributed by atoms with Gasteiger partial charge in [0.2, 0.25) is 0 Å². The number of phenols is 1. The fraction of sp³-hybridized carbons (Fsp3) is 0.500. The average molecular weight is 502 g/mol. The number of nitrogens with one attached hydrogen (secondary N) is 2. The smallest absolute Gasteiger partial charge is 0.410 e. The number of benzene rings is 1. The first kappa shape index (κ1) is 23.9. The van der Waals surface area contributed by atoms with Crippen LogP contribution in [0, 0.1) is 0 Å². The summed E-state index contributed by atoms with van der Waals surface area (Å²) in [5, 5.41) is 19.7. The first-order valence-corrected chi connectivity index (χ1v) is 11.9. The minimum atomic E-state index is -0.489. The molecule has 2 saturated heterocycles. The van der Waals surface area contributed by atoms with E-state index in [1.165, 1.54) is 19.2 Å². The molecule has 3 heterocycles. The van der Waals surface area contributed by atoms with Gasteiger partial charge in [-0.2, -0.15) is 5.10 Å². The summed E-state index contributed by atoms with van der Waals surface area (Å²) in [6.07, 6.45) is 3.54. The number of anilines is 1. The number of hydrogen-bond acceptors (Lipinski definition) is 8. The van der Waals surface area contributed by atoms with Crippen molar-refractivity contribution in [2.45, 2.75) is 49.9 Å². The lowest BCUT2D eigenvalue weighted by Crippen LogP contribution is -2.43. The first-order valence-electron chi connectivity index (χ1n) is 11.9. The van der Waals surface area contributed by atoms with Gasteiger partial charge in [0.1, 0.15) is 29.4 Å². The zero-order valence-electron chi connectivity index (χ0n) is 19.8. The van der Waals surface area contributed by atoms with E-state index >= 15 is 0 Å². The van der Waals surface area contributed by atoms with Crippen LogP contribution in [-0.4, -0.2) is 88.3 Å². The number of morpholine rings is 1. The number of aldehydes is 1. The fourth-order valence-corrected chi connectivity index (χ4v) is 5.11. The van der Waals surface area contributed by atoms with Crippen LogP contribution in [0.4, 0.5) is 10.6 Å². The highest BCUT2D eigenvalue weighted by Gasteiger charge is 2.47. The van der Waals surface area contributed by atoms with Crippen LogP contribution in [0.2, 0.25) is 0 Å². The molecule has 0 spiro atoms. The number of methoxy groups -OCH3 is 1. The quantitative estimate of drug-likeness (QED) is 0.365. The molecule has 36 heavy (non-hydrogen) atoms. The molecule has 0 radical (unpaired) electrons. The van der Waals surface area contributed by atoms with Gasteiger partial charge >= 0.3 is 6.09 Å². The zero-order chi connectivity index (χ0) is 25.2. The molecule has 2 bridgehead atoms. The van der Waals surface area contributed by atoms with Crippen molar-refractivity contribution in [3.05, 3.63) is 29.5 Å². The van der Waals surface area contributed by atoms with E-state index in [9.17, 15) is 19.5 Å². The van der Waals surface area contributed by atoms with Crippen LogP contribution in [0.15, 0.2) is 18.2 Å². The Hall–Kier alpha value is -3.80. The Morgan fingerprint density at radius 1 is 1.31 bits per heavy atom. The van der Waals surface area contributed by atoms with Gasteiger partial charge in [0, 0.05) is 36.2 Å². The van der Waals surface area contributed by atoms with Crippen LogP contribution in [-0.2, 0) is 9.53 Å². The average Bonchev–Trinajstić information content (AvgIpc) is 3.67. The molecule has 2 aliphatic heterocycles. The Bertz CT molecular complexity index is 1150. The van der Waals surface area contributed by atoms with E-state index in [0.717, 1.165) is 25.0 Å². The lowest BCUT2D eigenvalue weighted by atomic mass is 10.0. The van der Waals surface area contributed by atoms with Crippen molar-refractivity contribution in [3.8, 4) is 17.2 Å². The minimum absolute atomic E-state index is 0.0300. The van der Waals surface area contributed by atoms with Crippen LogP contribution in [0.3, 0.4) is 0 Å². The Kier molecular flexibility index (Phi) is 6.68. The predicted octanol–water partition coefficient (Wildman–Crippen LogP) is 1.71. The third-order valence-corrected chi connectivity index (χ3v) is 6.96. The standard InChI is InChI=1S/C24H28N4O8/c1-33-16-6-20(30)18(10-29)21(7-16)35-12-23(31)25-22-8-19(26-27-22)13-2-3-15(4-13)36-24(32)28-9-17-5-14(28)11-34-17/h6-8,10,13-15,17,30H,2-5,9,11-12H2,1H3,(H2,25,26,27,31)/p+1/t13-,14?,15+,17-/m0/s1. The molecule has 4 atom stereocenters. The Balaban J connectivity index is 1.11. The number of phenolic OH excluding ortho intramolecular Hbond substituents is 1. The van der Waals surface area contributed by atoms with E-state index in [0.29, 0.717) is 31.7 Å². The number of likely N-dealkylation sites (tertiary alicyclic amines) is 1. The molecule has 4 N–H and O–H groups in total. The van der Waals surface area contributed by atoms with Gasteiger partial charge in [0.15, 0.2) is 31.4 Å². The molecular weight excluding hydrogens is 472 g/mol. The molecule has 192 valence electrons. The third kappa shape index (κ3) is 4.94. The second-order valence-electron chi connectivity index (χ2n) is 9.30. The molecule has 1 unspecified atom stereocenters. The van der Waals surface area contributed by atoms with Crippen molar-refractivity contribution < 1.29 is 38.4 Å². The number of aliphatic hydroxyl groups is 2. The molecule has 1 saturated carbocycles.